The number of aromatic nitrogens is 2. The van der Waals surface area contributed by atoms with Gasteiger partial charge >= 0.3 is 0 Å². The minimum atomic E-state index is 0.891. The standard InChI is InChI=1S/C8H13BrN2.C2H6/c1-4-7-6(2)8(5-9)11(3)10-7;1-2/h4-5H2,1-3H3;1-2H3. The maximum Gasteiger partial charge on any atom is 0.0654 e. The lowest BCUT2D eigenvalue weighted by Crippen LogP contribution is -1.95. The summed E-state index contributed by atoms with van der Waals surface area (Å²) < 4.78 is 1.95. The molecule has 2 nitrogen and oxygen atoms in total. The van der Waals surface area contributed by atoms with E-state index in [0.717, 1.165) is 11.8 Å². The topological polar surface area (TPSA) is 17.8 Å². The van der Waals surface area contributed by atoms with Crippen LogP contribution < -0.4 is 0 Å². The highest BCUT2D eigenvalue weighted by Gasteiger charge is 2.08. The molecule has 0 saturated heterocycles. The largest absolute Gasteiger partial charge is 0.271 e. The fourth-order valence-corrected chi connectivity index (χ4v) is 2.03. The number of nitrogens with zero attached hydrogens (tertiary/aromatic N) is 2. The van der Waals surface area contributed by atoms with Crippen molar-refractivity contribution in [2.45, 2.75) is 39.4 Å². The third-order valence-corrected chi connectivity index (χ3v) is 2.52. The van der Waals surface area contributed by atoms with E-state index in [0.29, 0.717) is 0 Å². The minimum Gasteiger partial charge on any atom is -0.271 e. The normalized spacial score (nSPS) is 9.38. The lowest BCUT2D eigenvalue weighted by Gasteiger charge is -1.95. The summed E-state index contributed by atoms with van der Waals surface area (Å²) in [4.78, 5) is 0. The van der Waals surface area contributed by atoms with Crippen LogP contribution in [0.4, 0.5) is 0 Å². The van der Waals surface area contributed by atoms with Gasteiger partial charge in [-0.05, 0) is 18.9 Å². The van der Waals surface area contributed by atoms with Crippen molar-refractivity contribution in [1.29, 1.82) is 0 Å². The summed E-state index contributed by atoms with van der Waals surface area (Å²) in [5.41, 5.74) is 3.82. The number of hydrogen-bond acceptors (Lipinski definition) is 1. The average Bonchev–Trinajstić information content (AvgIpc) is 2.44. The van der Waals surface area contributed by atoms with E-state index in [4.69, 9.17) is 0 Å². The van der Waals surface area contributed by atoms with Gasteiger partial charge in [-0.3, -0.25) is 4.68 Å². The number of alkyl halides is 1. The van der Waals surface area contributed by atoms with Crippen LogP contribution in [0.25, 0.3) is 0 Å². The Morgan fingerprint density at radius 2 is 1.92 bits per heavy atom. The molecule has 13 heavy (non-hydrogen) atoms. The van der Waals surface area contributed by atoms with Crippen LogP contribution in [0.2, 0.25) is 0 Å². The Kier molecular flexibility index (Phi) is 6.04. The Hall–Kier alpha value is -0.310. The van der Waals surface area contributed by atoms with Gasteiger partial charge in [-0.2, -0.15) is 5.10 Å². The number of rotatable bonds is 2. The quantitative estimate of drug-likeness (QED) is 0.734. The second-order valence-corrected chi connectivity index (χ2v) is 3.19. The van der Waals surface area contributed by atoms with Gasteiger partial charge in [-0.25, -0.2) is 0 Å². The van der Waals surface area contributed by atoms with Crippen LogP contribution in [0.15, 0.2) is 0 Å². The molecule has 1 aromatic rings. The van der Waals surface area contributed by atoms with E-state index >= 15 is 0 Å². The van der Waals surface area contributed by atoms with Crippen LogP contribution in [0.3, 0.4) is 0 Å². The van der Waals surface area contributed by atoms with Gasteiger partial charge in [0.25, 0.3) is 0 Å². The monoisotopic (exact) mass is 246 g/mol. The molecule has 0 amide bonds. The Morgan fingerprint density at radius 3 is 2.15 bits per heavy atom. The van der Waals surface area contributed by atoms with Gasteiger partial charge in [0.1, 0.15) is 0 Å². The molecule has 0 saturated carbocycles. The van der Waals surface area contributed by atoms with Gasteiger partial charge < -0.3 is 0 Å². The van der Waals surface area contributed by atoms with Gasteiger partial charge in [0, 0.05) is 12.4 Å². The predicted molar refractivity (Wildman–Crippen MR) is 61.3 cm³/mol. The summed E-state index contributed by atoms with van der Waals surface area (Å²) in [6.45, 7) is 8.26. The second kappa shape index (κ2) is 6.19. The van der Waals surface area contributed by atoms with Crippen LogP contribution >= 0.6 is 15.9 Å². The van der Waals surface area contributed by atoms with Crippen LogP contribution in [0, 0.1) is 6.92 Å². The third-order valence-electron chi connectivity index (χ3n) is 1.99. The molecule has 0 aliphatic carbocycles. The zero-order valence-corrected chi connectivity index (χ0v) is 10.8. The predicted octanol–water partition coefficient (Wildman–Crippen LogP) is 3.21. The Morgan fingerprint density at radius 1 is 1.38 bits per heavy atom. The zero-order chi connectivity index (χ0) is 10.4. The first-order valence-electron chi connectivity index (χ1n) is 4.78. The smallest absolute Gasteiger partial charge is 0.0654 e. The summed E-state index contributed by atoms with van der Waals surface area (Å²) in [6.07, 6.45) is 1.02. The van der Waals surface area contributed by atoms with E-state index in [1.165, 1.54) is 17.0 Å². The van der Waals surface area contributed by atoms with E-state index in [1.54, 1.807) is 0 Å². The molecule has 0 aliphatic rings. The van der Waals surface area contributed by atoms with Gasteiger partial charge in [-0.15, -0.1) is 0 Å². The number of aryl methyl sites for hydroxylation is 2. The molecule has 76 valence electrons. The van der Waals surface area contributed by atoms with E-state index in [9.17, 15) is 0 Å². The first-order chi connectivity index (χ1) is 6.20. The van der Waals surface area contributed by atoms with E-state index in [1.807, 2.05) is 25.6 Å². The van der Waals surface area contributed by atoms with Crippen molar-refractivity contribution in [2.75, 3.05) is 0 Å². The molecule has 0 fully saturated rings. The van der Waals surface area contributed by atoms with E-state index in [-0.39, 0.29) is 0 Å². The van der Waals surface area contributed by atoms with Crippen LogP contribution in [-0.2, 0) is 18.8 Å². The molecule has 1 heterocycles. The summed E-state index contributed by atoms with van der Waals surface area (Å²) >= 11 is 3.44. The molecule has 1 rings (SSSR count). The molecule has 3 heteroatoms. The highest BCUT2D eigenvalue weighted by atomic mass is 79.9. The van der Waals surface area contributed by atoms with E-state index < -0.39 is 0 Å². The van der Waals surface area contributed by atoms with Gasteiger partial charge in [0.2, 0.25) is 0 Å². The van der Waals surface area contributed by atoms with Gasteiger partial charge in [0.15, 0.2) is 0 Å². The first kappa shape index (κ1) is 12.7. The van der Waals surface area contributed by atoms with Crippen molar-refractivity contribution < 1.29 is 0 Å². The van der Waals surface area contributed by atoms with E-state index in [2.05, 4.69) is 34.9 Å². The van der Waals surface area contributed by atoms with Crippen LogP contribution in [0.5, 0.6) is 0 Å². The number of halogens is 1. The summed E-state index contributed by atoms with van der Waals surface area (Å²) in [5.74, 6) is 0. The van der Waals surface area contributed by atoms with Gasteiger partial charge in [-0.1, -0.05) is 36.7 Å². The summed E-state index contributed by atoms with van der Waals surface area (Å²) in [5, 5.41) is 5.28. The van der Waals surface area contributed by atoms with Crippen molar-refractivity contribution in [1.82, 2.24) is 9.78 Å². The summed E-state index contributed by atoms with van der Waals surface area (Å²) in [7, 11) is 1.99. The molecule has 0 radical (unpaired) electrons. The highest BCUT2D eigenvalue weighted by Crippen LogP contribution is 2.15. The molecule has 0 N–H and O–H groups in total. The average molecular weight is 247 g/mol. The molecule has 0 atom stereocenters. The minimum absolute atomic E-state index is 0.891. The lowest BCUT2D eigenvalue weighted by atomic mass is 10.2. The molecule has 1 aromatic heterocycles. The van der Waals surface area contributed by atoms with Gasteiger partial charge in [0.05, 0.1) is 11.4 Å². The van der Waals surface area contributed by atoms with Crippen molar-refractivity contribution in [2.24, 2.45) is 7.05 Å². The van der Waals surface area contributed by atoms with Crippen molar-refractivity contribution in [3.05, 3.63) is 17.0 Å². The third kappa shape index (κ3) is 2.83. The Bertz CT molecular complexity index is 254. The lowest BCUT2D eigenvalue weighted by molar-refractivity contribution is 0.720. The SMILES string of the molecule is CC.CCc1nn(C)c(CBr)c1C. The maximum atomic E-state index is 4.39. The Balaban J connectivity index is 0.000000671. The molecule has 0 aliphatic heterocycles. The van der Waals surface area contributed by atoms with Crippen molar-refractivity contribution >= 4 is 15.9 Å². The highest BCUT2D eigenvalue weighted by molar-refractivity contribution is 9.08. The maximum absolute atomic E-state index is 4.39. The fraction of sp³-hybridized carbons (Fsp3) is 0.700. The second-order valence-electron chi connectivity index (χ2n) is 2.63. The summed E-state index contributed by atoms with van der Waals surface area (Å²) in [6, 6.07) is 0. The molecule has 0 bridgehead atoms. The number of hydrogen-bond donors (Lipinski definition) is 0. The first-order valence-corrected chi connectivity index (χ1v) is 5.90. The van der Waals surface area contributed by atoms with Crippen molar-refractivity contribution in [3.63, 3.8) is 0 Å². The molecule has 0 unspecified atom stereocenters. The molecule has 0 aromatic carbocycles. The van der Waals surface area contributed by atoms with Crippen LogP contribution in [-0.4, -0.2) is 9.78 Å². The molecular formula is C10H19BrN2. The fourth-order valence-electron chi connectivity index (χ4n) is 1.25. The van der Waals surface area contributed by atoms with Crippen molar-refractivity contribution in [3.8, 4) is 0 Å². The zero-order valence-electron chi connectivity index (χ0n) is 9.19. The Labute approximate surface area is 89.5 Å². The van der Waals surface area contributed by atoms with Crippen LogP contribution in [0.1, 0.15) is 37.7 Å². The molecular weight excluding hydrogens is 228 g/mol. The molecule has 0 spiro atoms.